The van der Waals surface area contributed by atoms with Crippen LogP contribution < -0.4 is 14.8 Å². The Hall–Kier alpha value is -1.85. The summed E-state index contributed by atoms with van der Waals surface area (Å²) < 4.78 is 11.2. The molecule has 0 aliphatic carbocycles. The third-order valence-electron chi connectivity index (χ3n) is 3.51. The number of rotatable bonds is 4. The molecule has 3 rings (SSSR count). The van der Waals surface area contributed by atoms with Gasteiger partial charge in [0, 0.05) is 28.1 Å². The molecule has 0 aromatic heterocycles. The number of anilines is 1. The molecule has 4 nitrogen and oxygen atoms in total. The van der Waals surface area contributed by atoms with Crippen molar-refractivity contribution in [2.45, 2.75) is 23.5 Å². The Morgan fingerprint density at radius 3 is 2.58 bits per heavy atom. The molecule has 1 unspecified atom stereocenters. The zero-order valence-electron chi connectivity index (χ0n) is 13.3. The summed E-state index contributed by atoms with van der Waals surface area (Å²) in [5.74, 6) is 1.32. The minimum atomic E-state index is -0.234. The van der Waals surface area contributed by atoms with E-state index in [-0.39, 0.29) is 11.2 Å². The van der Waals surface area contributed by atoms with Gasteiger partial charge in [-0.15, -0.1) is 11.8 Å². The quantitative estimate of drug-likeness (QED) is 0.805. The zero-order chi connectivity index (χ0) is 16.9. The lowest BCUT2D eigenvalue weighted by molar-refractivity contribution is -0.115. The van der Waals surface area contributed by atoms with Crippen molar-refractivity contribution < 1.29 is 14.3 Å². The van der Waals surface area contributed by atoms with Gasteiger partial charge in [-0.2, -0.15) is 0 Å². The van der Waals surface area contributed by atoms with Crippen LogP contribution in [0.4, 0.5) is 5.69 Å². The van der Waals surface area contributed by atoms with Crippen molar-refractivity contribution in [1.29, 1.82) is 0 Å². The third kappa shape index (κ3) is 4.36. The van der Waals surface area contributed by atoms with Gasteiger partial charge in [0.25, 0.3) is 0 Å². The number of benzene rings is 2. The number of halogens is 1. The van der Waals surface area contributed by atoms with Crippen LogP contribution in [0.3, 0.4) is 0 Å². The summed E-state index contributed by atoms with van der Waals surface area (Å²) in [5, 5.41) is 3.37. The van der Waals surface area contributed by atoms with Crippen LogP contribution in [0, 0.1) is 0 Å². The standard InChI is InChI=1S/C18H18ClNO3S/c1-12(24-15-6-3-13(19)4-7-15)18(21)20-14-5-8-16-17(11-14)23-10-2-9-22-16/h3-8,11-12H,2,9-10H2,1H3,(H,20,21). The maximum Gasteiger partial charge on any atom is 0.237 e. The van der Waals surface area contributed by atoms with Crippen LogP contribution in [0.2, 0.25) is 5.02 Å². The molecular formula is C18H18ClNO3S. The summed E-state index contributed by atoms with van der Waals surface area (Å²) >= 11 is 7.36. The van der Waals surface area contributed by atoms with Crippen LogP contribution in [0.15, 0.2) is 47.4 Å². The van der Waals surface area contributed by atoms with Crippen molar-refractivity contribution in [2.75, 3.05) is 18.5 Å². The Morgan fingerprint density at radius 1 is 1.12 bits per heavy atom. The number of nitrogens with one attached hydrogen (secondary N) is 1. The fourth-order valence-corrected chi connectivity index (χ4v) is 3.25. The molecule has 2 aromatic rings. The van der Waals surface area contributed by atoms with E-state index in [4.69, 9.17) is 21.1 Å². The van der Waals surface area contributed by atoms with E-state index in [1.165, 1.54) is 11.8 Å². The number of ether oxygens (including phenoxy) is 2. The second-order valence-corrected chi connectivity index (χ2v) is 7.27. The molecule has 1 atom stereocenters. The minimum Gasteiger partial charge on any atom is -0.490 e. The van der Waals surface area contributed by atoms with Crippen molar-refractivity contribution in [3.05, 3.63) is 47.5 Å². The highest BCUT2D eigenvalue weighted by molar-refractivity contribution is 8.00. The average molecular weight is 364 g/mol. The van der Waals surface area contributed by atoms with E-state index < -0.39 is 0 Å². The molecule has 0 saturated heterocycles. The molecule has 1 heterocycles. The maximum atomic E-state index is 12.4. The van der Waals surface area contributed by atoms with Crippen molar-refractivity contribution in [2.24, 2.45) is 0 Å². The number of hydrogen-bond acceptors (Lipinski definition) is 4. The van der Waals surface area contributed by atoms with Gasteiger partial charge in [-0.05, 0) is 43.3 Å². The van der Waals surface area contributed by atoms with E-state index in [0.29, 0.717) is 35.4 Å². The Labute approximate surface area is 150 Å². The fourth-order valence-electron chi connectivity index (χ4n) is 2.26. The molecule has 1 amide bonds. The molecule has 2 aromatic carbocycles. The second kappa shape index (κ2) is 7.81. The lowest BCUT2D eigenvalue weighted by atomic mass is 10.2. The smallest absolute Gasteiger partial charge is 0.237 e. The molecule has 0 saturated carbocycles. The van der Waals surface area contributed by atoms with E-state index in [1.807, 2.05) is 43.3 Å². The number of carbonyl (C=O) groups is 1. The van der Waals surface area contributed by atoms with Gasteiger partial charge in [0.05, 0.1) is 18.5 Å². The van der Waals surface area contributed by atoms with E-state index in [1.54, 1.807) is 6.07 Å². The maximum absolute atomic E-state index is 12.4. The van der Waals surface area contributed by atoms with Crippen LogP contribution in [-0.4, -0.2) is 24.4 Å². The topological polar surface area (TPSA) is 47.6 Å². The first-order chi connectivity index (χ1) is 11.6. The van der Waals surface area contributed by atoms with Crippen molar-refractivity contribution in [1.82, 2.24) is 0 Å². The monoisotopic (exact) mass is 363 g/mol. The lowest BCUT2D eigenvalue weighted by Gasteiger charge is -2.14. The highest BCUT2D eigenvalue weighted by Gasteiger charge is 2.16. The predicted molar refractivity (Wildman–Crippen MR) is 97.4 cm³/mol. The number of carbonyl (C=O) groups excluding carboxylic acids is 1. The number of thioether (sulfide) groups is 1. The van der Waals surface area contributed by atoms with Gasteiger partial charge < -0.3 is 14.8 Å². The molecule has 126 valence electrons. The third-order valence-corrected chi connectivity index (χ3v) is 4.87. The Balaban J connectivity index is 1.63. The van der Waals surface area contributed by atoms with Gasteiger partial charge >= 0.3 is 0 Å². The van der Waals surface area contributed by atoms with Gasteiger partial charge in [0.2, 0.25) is 5.91 Å². The summed E-state index contributed by atoms with van der Waals surface area (Å²) in [5.41, 5.74) is 0.702. The molecule has 0 fully saturated rings. The number of amides is 1. The fraction of sp³-hybridized carbons (Fsp3) is 0.278. The molecule has 6 heteroatoms. The normalized spacial score (nSPS) is 14.6. The molecule has 1 aliphatic heterocycles. The first-order valence-corrected chi connectivity index (χ1v) is 9.00. The second-order valence-electron chi connectivity index (χ2n) is 5.42. The molecule has 24 heavy (non-hydrogen) atoms. The van der Waals surface area contributed by atoms with Gasteiger partial charge in [-0.1, -0.05) is 11.6 Å². The van der Waals surface area contributed by atoms with Gasteiger partial charge in [0.1, 0.15) is 0 Å². The van der Waals surface area contributed by atoms with E-state index in [2.05, 4.69) is 5.32 Å². The first kappa shape index (κ1) is 17.0. The Morgan fingerprint density at radius 2 is 1.83 bits per heavy atom. The van der Waals surface area contributed by atoms with E-state index in [9.17, 15) is 4.79 Å². The molecule has 1 N–H and O–H groups in total. The molecule has 0 spiro atoms. The van der Waals surface area contributed by atoms with Crippen LogP contribution in [0.1, 0.15) is 13.3 Å². The van der Waals surface area contributed by atoms with E-state index in [0.717, 1.165) is 11.3 Å². The highest BCUT2D eigenvalue weighted by atomic mass is 35.5. The van der Waals surface area contributed by atoms with Crippen LogP contribution in [0.25, 0.3) is 0 Å². The van der Waals surface area contributed by atoms with Crippen LogP contribution in [-0.2, 0) is 4.79 Å². The lowest BCUT2D eigenvalue weighted by Crippen LogP contribution is -2.22. The summed E-state index contributed by atoms with van der Waals surface area (Å²) in [6.45, 7) is 3.14. The van der Waals surface area contributed by atoms with Gasteiger partial charge in [-0.3, -0.25) is 4.79 Å². The van der Waals surface area contributed by atoms with Gasteiger partial charge in [-0.25, -0.2) is 0 Å². The average Bonchev–Trinajstić information content (AvgIpc) is 2.81. The largest absolute Gasteiger partial charge is 0.490 e. The highest BCUT2D eigenvalue weighted by Crippen LogP contribution is 2.33. The Kier molecular flexibility index (Phi) is 5.53. The number of hydrogen-bond donors (Lipinski definition) is 1. The zero-order valence-corrected chi connectivity index (χ0v) is 14.8. The number of fused-ring (bicyclic) bond motifs is 1. The Bertz CT molecular complexity index is 721. The van der Waals surface area contributed by atoms with E-state index >= 15 is 0 Å². The minimum absolute atomic E-state index is 0.0653. The SMILES string of the molecule is CC(Sc1ccc(Cl)cc1)C(=O)Nc1ccc2c(c1)OCCCO2. The molecule has 0 radical (unpaired) electrons. The summed E-state index contributed by atoms with van der Waals surface area (Å²) in [6, 6.07) is 12.9. The molecular weight excluding hydrogens is 346 g/mol. The molecule has 1 aliphatic rings. The summed E-state index contributed by atoms with van der Waals surface area (Å²) in [6.07, 6.45) is 0.852. The van der Waals surface area contributed by atoms with Crippen LogP contribution >= 0.6 is 23.4 Å². The van der Waals surface area contributed by atoms with Gasteiger partial charge in [0.15, 0.2) is 11.5 Å². The van der Waals surface area contributed by atoms with Crippen molar-refractivity contribution in [3.63, 3.8) is 0 Å². The van der Waals surface area contributed by atoms with Crippen LogP contribution in [0.5, 0.6) is 11.5 Å². The predicted octanol–water partition coefficient (Wildman–Crippen LogP) is 4.62. The summed E-state index contributed by atoms with van der Waals surface area (Å²) in [4.78, 5) is 13.4. The summed E-state index contributed by atoms with van der Waals surface area (Å²) in [7, 11) is 0. The van der Waals surface area contributed by atoms with Crippen molar-refractivity contribution in [3.8, 4) is 11.5 Å². The van der Waals surface area contributed by atoms with Crippen molar-refractivity contribution >= 4 is 35.0 Å². The molecule has 0 bridgehead atoms. The first-order valence-electron chi connectivity index (χ1n) is 7.74.